The van der Waals surface area contributed by atoms with Crippen molar-refractivity contribution in [2.45, 2.75) is 12.5 Å². The zero-order valence-corrected chi connectivity index (χ0v) is 7.71. The molecule has 0 fully saturated rings. The first-order chi connectivity index (χ1) is 5.43. The lowest BCUT2D eigenvalue weighted by molar-refractivity contribution is 0.440. The maximum Gasteiger partial charge on any atom is 0.229 e. The van der Waals surface area contributed by atoms with E-state index >= 15 is 0 Å². The molecule has 0 aliphatic heterocycles. The van der Waals surface area contributed by atoms with Gasteiger partial charge in [0.25, 0.3) is 0 Å². The van der Waals surface area contributed by atoms with Crippen molar-refractivity contribution in [1.82, 2.24) is 0 Å². The first-order valence-corrected chi connectivity index (χ1v) is 4.85. The van der Waals surface area contributed by atoms with Gasteiger partial charge in [-0.3, -0.25) is 0 Å². The van der Waals surface area contributed by atoms with E-state index in [1.165, 1.54) is 5.56 Å². The zero-order valence-electron chi connectivity index (χ0n) is 6.71. The molecular formula is C9H12OSi. The lowest BCUT2D eigenvalue weighted by atomic mass is 10.2. The molecule has 0 saturated heterocycles. The van der Waals surface area contributed by atoms with E-state index in [1.807, 2.05) is 6.07 Å². The predicted molar refractivity (Wildman–Crippen MR) is 47.7 cm³/mol. The van der Waals surface area contributed by atoms with Gasteiger partial charge in [0.05, 0.1) is 0 Å². The molecule has 2 radical (unpaired) electrons. The molecule has 0 N–H and O–H groups in total. The van der Waals surface area contributed by atoms with Gasteiger partial charge in [0.1, 0.15) is 0 Å². The Morgan fingerprint density at radius 3 is 2.64 bits per heavy atom. The molecule has 0 aliphatic rings. The van der Waals surface area contributed by atoms with Crippen LogP contribution in [0.25, 0.3) is 0 Å². The van der Waals surface area contributed by atoms with Crippen molar-refractivity contribution < 1.29 is 4.43 Å². The van der Waals surface area contributed by atoms with Gasteiger partial charge in [-0.2, -0.15) is 0 Å². The van der Waals surface area contributed by atoms with Crippen LogP contribution in [0.3, 0.4) is 0 Å². The van der Waals surface area contributed by atoms with E-state index < -0.39 is 0 Å². The third-order valence-corrected chi connectivity index (χ3v) is 2.25. The van der Waals surface area contributed by atoms with Gasteiger partial charge in [-0.25, -0.2) is 0 Å². The van der Waals surface area contributed by atoms with Crippen LogP contribution >= 0.6 is 0 Å². The maximum atomic E-state index is 4.99. The van der Waals surface area contributed by atoms with Crippen molar-refractivity contribution in [3.05, 3.63) is 35.9 Å². The summed E-state index contributed by atoms with van der Waals surface area (Å²) in [5, 5.41) is 0. The number of rotatable bonds is 4. The second kappa shape index (κ2) is 5.10. The minimum absolute atomic E-state index is 0.640. The fourth-order valence-electron chi connectivity index (χ4n) is 0.942. The van der Waals surface area contributed by atoms with Gasteiger partial charge in [-0.15, -0.1) is 0 Å². The monoisotopic (exact) mass is 164 g/mol. The van der Waals surface area contributed by atoms with Crippen LogP contribution < -0.4 is 0 Å². The molecular weight excluding hydrogens is 152 g/mol. The molecule has 0 unspecified atom stereocenters. The van der Waals surface area contributed by atoms with Crippen LogP contribution in [0.4, 0.5) is 0 Å². The van der Waals surface area contributed by atoms with Crippen LogP contribution in [0.5, 0.6) is 0 Å². The highest BCUT2D eigenvalue weighted by Crippen LogP contribution is 2.01. The van der Waals surface area contributed by atoms with Gasteiger partial charge in [0.2, 0.25) is 9.76 Å². The van der Waals surface area contributed by atoms with Crippen LogP contribution in [-0.4, -0.2) is 16.9 Å². The molecule has 0 aromatic heterocycles. The molecule has 2 heteroatoms. The van der Waals surface area contributed by atoms with Crippen molar-refractivity contribution in [2.75, 3.05) is 7.11 Å². The van der Waals surface area contributed by atoms with Crippen LogP contribution in [0, 0.1) is 0 Å². The molecule has 0 aliphatic carbocycles. The number of aryl methyl sites for hydroxylation is 1. The highest BCUT2D eigenvalue weighted by molar-refractivity contribution is 6.26. The molecule has 0 amide bonds. The second-order valence-corrected chi connectivity index (χ2v) is 3.53. The largest absolute Gasteiger partial charge is 0.421 e. The van der Waals surface area contributed by atoms with Gasteiger partial charge in [-0.05, 0) is 18.0 Å². The smallest absolute Gasteiger partial charge is 0.229 e. The Balaban J connectivity index is 2.28. The third kappa shape index (κ3) is 3.35. The molecule has 0 atom stereocenters. The Kier molecular flexibility index (Phi) is 3.94. The van der Waals surface area contributed by atoms with E-state index in [0.29, 0.717) is 9.76 Å². The molecule has 1 aromatic carbocycles. The predicted octanol–water partition coefficient (Wildman–Crippen LogP) is 1.91. The lowest BCUT2D eigenvalue weighted by Crippen LogP contribution is -1.94. The second-order valence-electron chi connectivity index (χ2n) is 2.33. The molecule has 0 spiro atoms. The first-order valence-electron chi connectivity index (χ1n) is 3.73. The molecule has 1 nitrogen and oxygen atoms in total. The number of hydrogen-bond donors (Lipinski definition) is 0. The molecule has 1 rings (SSSR count). The average molecular weight is 164 g/mol. The van der Waals surface area contributed by atoms with E-state index in [-0.39, 0.29) is 0 Å². The first kappa shape index (κ1) is 8.49. The molecule has 11 heavy (non-hydrogen) atoms. The Labute approximate surface area is 70.3 Å². The summed E-state index contributed by atoms with van der Waals surface area (Å²) in [5.74, 6) is 0. The summed E-state index contributed by atoms with van der Waals surface area (Å²) in [7, 11) is 2.39. The Hall–Kier alpha value is -0.603. The van der Waals surface area contributed by atoms with Gasteiger partial charge >= 0.3 is 0 Å². The summed E-state index contributed by atoms with van der Waals surface area (Å²) in [6.07, 6.45) is 1.13. The topological polar surface area (TPSA) is 9.23 Å². The normalized spacial score (nSPS) is 9.91. The lowest BCUT2D eigenvalue weighted by Gasteiger charge is -1.97. The van der Waals surface area contributed by atoms with E-state index in [4.69, 9.17) is 4.43 Å². The summed E-state index contributed by atoms with van der Waals surface area (Å²) >= 11 is 0. The van der Waals surface area contributed by atoms with Gasteiger partial charge in [0, 0.05) is 7.11 Å². The summed E-state index contributed by atoms with van der Waals surface area (Å²) in [6, 6.07) is 11.6. The molecule has 0 bridgehead atoms. The van der Waals surface area contributed by atoms with E-state index in [1.54, 1.807) is 7.11 Å². The van der Waals surface area contributed by atoms with Crippen LogP contribution in [0.15, 0.2) is 30.3 Å². The average Bonchev–Trinajstić information content (AvgIpc) is 2.07. The Morgan fingerprint density at radius 1 is 1.27 bits per heavy atom. The van der Waals surface area contributed by atoms with E-state index in [0.717, 1.165) is 12.5 Å². The minimum atomic E-state index is 0.640. The van der Waals surface area contributed by atoms with Gasteiger partial charge in [-0.1, -0.05) is 30.3 Å². The summed E-state index contributed by atoms with van der Waals surface area (Å²) in [4.78, 5) is 0. The molecule has 0 heterocycles. The molecule has 0 saturated carbocycles. The van der Waals surface area contributed by atoms with Crippen molar-refractivity contribution in [1.29, 1.82) is 0 Å². The fourth-order valence-corrected chi connectivity index (χ4v) is 1.54. The van der Waals surface area contributed by atoms with Crippen molar-refractivity contribution in [3.63, 3.8) is 0 Å². The molecule has 58 valence electrons. The highest BCUT2D eigenvalue weighted by Gasteiger charge is 1.91. The zero-order chi connectivity index (χ0) is 7.94. The van der Waals surface area contributed by atoms with Crippen LogP contribution in [-0.2, 0) is 10.8 Å². The van der Waals surface area contributed by atoms with Crippen molar-refractivity contribution in [2.24, 2.45) is 0 Å². The highest BCUT2D eigenvalue weighted by atomic mass is 28.2. The minimum Gasteiger partial charge on any atom is -0.421 e. The standard InChI is InChI=1S/C9H12OSi/c1-10-11-8-7-9-5-3-2-4-6-9/h2-6H,7-8H2,1H3. The van der Waals surface area contributed by atoms with Crippen LogP contribution in [0.1, 0.15) is 5.56 Å². The Morgan fingerprint density at radius 2 is 2.00 bits per heavy atom. The maximum absolute atomic E-state index is 4.99. The van der Waals surface area contributed by atoms with Gasteiger partial charge < -0.3 is 4.43 Å². The summed E-state index contributed by atoms with van der Waals surface area (Å²) in [6.45, 7) is 0. The van der Waals surface area contributed by atoms with Gasteiger partial charge in [0.15, 0.2) is 0 Å². The van der Waals surface area contributed by atoms with Crippen LogP contribution in [0.2, 0.25) is 6.04 Å². The molecule has 1 aromatic rings. The SMILES string of the molecule is CO[Si]CCc1ccccc1. The Bertz CT molecular complexity index is 186. The van der Waals surface area contributed by atoms with E-state index in [2.05, 4.69) is 24.3 Å². The van der Waals surface area contributed by atoms with Crippen molar-refractivity contribution in [3.8, 4) is 0 Å². The van der Waals surface area contributed by atoms with E-state index in [9.17, 15) is 0 Å². The van der Waals surface area contributed by atoms with Crippen molar-refractivity contribution >= 4 is 9.76 Å². The number of benzene rings is 1. The fraction of sp³-hybridized carbons (Fsp3) is 0.333. The summed E-state index contributed by atoms with van der Waals surface area (Å²) < 4.78 is 4.99. The quantitative estimate of drug-likeness (QED) is 0.488. The third-order valence-electron chi connectivity index (χ3n) is 1.50. The summed E-state index contributed by atoms with van der Waals surface area (Å²) in [5.41, 5.74) is 1.40. The number of hydrogen-bond acceptors (Lipinski definition) is 1.